The van der Waals surface area contributed by atoms with E-state index in [-0.39, 0.29) is 18.4 Å². The Labute approximate surface area is 137 Å². The third-order valence-corrected chi connectivity index (χ3v) is 3.74. The molecule has 0 atom stereocenters. The highest BCUT2D eigenvalue weighted by Gasteiger charge is 2.23. The normalized spacial score (nSPS) is 12.1. The second-order valence-corrected chi connectivity index (χ2v) is 7.16. The van der Waals surface area contributed by atoms with E-state index in [2.05, 4.69) is 4.90 Å². The summed E-state index contributed by atoms with van der Waals surface area (Å²) in [5.41, 5.74) is 1.40. The Bertz CT molecular complexity index is 696. The number of nitrogens with zero attached hydrogens (tertiary/aromatic N) is 2. The van der Waals surface area contributed by atoms with Gasteiger partial charge in [-0.15, -0.1) is 0 Å². The molecule has 126 valence electrons. The van der Waals surface area contributed by atoms with Gasteiger partial charge in [-0.2, -0.15) is 0 Å². The fourth-order valence-corrected chi connectivity index (χ4v) is 2.40. The summed E-state index contributed by atoms with van der Waals surface area (Å²) >= 11 is 0. The highest BCUT2D eigenvalue weighted by molar-refractivity contribution is 5.89. The van der Waals surface area contributed by atoms with E-state index >= 15 is 0 Å². The van der Waals surface area contributed by atoms with Gasteiger partial charge in [-0.1, -0.05) is 6.07 Å². The summed E-state index contributed by atoms with van der Waals surface area (Å²) in [4.78, 5) is 14.1. The molecule has 0 unspecified atom stereocenters. The number of aromatic hydroxyl groups is 1. The minimum Gasteiger partial charge on any atom is -0.507 e. The van der Waals surface area contributed by atoms with Crippen LogP contribution < -0.4 is 0 Å². The summed E-state index contributed by atoms with van der Waals surface area (Å²) in [6.07, 6.45) is 2.78. The summed E-state index contributed by atoms with van der Waals surface area (Å²) < 4.78 is 7.29. The predicted octanol–water partition coefficient (Wildman–Crippen LogP) is 3.00. The molecule has 1 heterocycles. The van der Waals surface area contributed by atoms with Gasteiger partial charge in [0.2, 0.25) is 0 Å². The van der Waals surface area contributed by atoms with Gasteiger partial charge in [0.1, 0.15) is 5.75 Å². The molecule has 0 aliphatic heterocycles. The van der Waals surface area contributed by atoms with Crippen molar-refractivity contribution in [1.29, 1.82) is 0 Å². The van der Waals surface area contributed by atoms with Gasteiger partial charge in [-0.25, -0.2) is 0 Å². The van der Waals surface area contributed by atoms with Crippen molar-refractivity contribution >= 4 is 16.9 Å². The van der Waals surface area contributed by atoms with E-state index in [1.165, 1.54) is 0 Å². The number of hydrogen-bond acceptors (Lipinski definition) is 4. The minimum atomic E-state index is -0.529. The van der Waals surface area contributed by atoms with Crippen molar-refractivity contribution in [1.82, 2.24) is 9.47 Å². The quantitative estimate of drug-likeness (QED) is 0.861. The zero-order chi connectivity index (χ0) is 17.2. The Morgan fingerprint density at radius 1 is 1.30 bits per heavy atom. The summed E-state index contributed by atoms with van der Waals surface area (Å²) in [7, 11) is 4.04. The van der Waals surface area contributed by atoms with Crippen molar-refractivity contribution in [2.75, 3.05) is 20.6 Å². The van der Waals surface area contributed by atoms with Crippen LogP contribution in [0.5, 0.6) is 5.75 Å². The Kier molecular flexibility index (Phi) is 5.00. The average Bonchev–Trinajstić information content (AvgIpc) is 2.81. The van der Waals surface area contributed by atoms with Crippen LogP contribution in [-0.2, 0) is 22.7 Å². The first-order valence-corrected chi connectivity index (χ1v) is 7.82. The summed E-state index contributed by atoms with van der Waals surface area (Å²) in [6.45, 7) is 6.53. The maximum atomic E-state index is 12.0. The van der Waals surface area contributed by atoms with E-state index in [9.17, 15) is 9.90 Å². The van der Waals surface area contributed by atoms with Crippen LogP contribution in [0.25, 0.3) is 10.9 Å². The zero-order valence-electron chi connectivity index (χ0n) is 14.6. The van der Waals surface area contributed by atoms with Crippen LogP contribution in [0.15, 0.2) is 24.4 Å². The molecular formula is C18H26N2O3. The molecule has 0 aliphatic carbocycles. The summed E-state index contributed by atoms with van der Waals surface area (Å²) in [5.74, 6) is 0.0199. The molecule has 0 aliphatic rings. The molecule has 5 heteroatoms. The number of rotatable bonds is 5. The van der Waals surface area contributed by atoms with Gasteiger partial charge in [0.25, 0.3) is 0 Å². The smallest absolute Gasteiger partial charge is 0.312 e. The predicted molar refractivity (Wildman–Crippen MR) is 91.4 cm³/mol. The molecule has 1 aromatic carbocycles. The summed E-state index contributed by atoms with van der Waals surface area (Å²) in [6, 6.07) is 5.42. The molecule has 0 saturated carbocycles. The Morgan fingerprint density at radius 3 is 2.61 bits per heavy atom. The number of benzene rings is 1. The van der Waals surface area contributed by atoms with Crippen molar-refractivity contribution in [3.63, 3.8) is 0 Å². The number of esters is 1. The first kappa shape index (κ1) is 17.3. The van der Waals surface area contributed by atoms with Crippen LogP contribution in [0, 0.1) is 5.41 Å². The monoisotopic (exact) mass is 318 g/mol. The topological polar surface area (TPSA) is 54.7 Å². The van der Waals surface area contributed by atoms with Crippen molar-refractivity contribution in [2.45, 2.75) is 33.9 Å². The molecule has 0 radical (unpaired) electrons. The lowest BCUT2D eigenvalue weighted by molar-refractivity contribution is -0.156. The van der Waals surface area contributed by atoms with Gasteiger partial charge >= 0.3 is 5.97 Å². The van der Waals surface area contributed by atoms with Gasteiger partial charge in [-0.05, 0) is 59.0 Å². The molecule has 5 nitrogen and oxygen atoms in total. The number of ether oxygens (including phenoxy) is 1. The van der Waals surface area contributed by atoms with Gasteiger partial charge < -0.3 is 19.3 Å². The van der Waals surface area contributed by atoms with Gasteiger partial charge in [0.15, 0.2) is 6.73 Å². The van der Waals surface area contributed by atoms with Gasteiger partial charge in [0, 0.05) is 18.1 Å². The first-order valence-electron chi connectivity index (χ1n) is 7.82. The minimum absolute atomic E-state index is 0.151. The highest BCUT2D eigenvalue weighted by atomic mass is 16.5. The number of hydrogen-bond donors (Lipinski definition) is 1. The number of aromatic nitrogens is 1. The van der Waals surface area contributed by atoms with Crippen molar-refractivity contribution in [2.24, 2.45) is 5.41 Å². The van der Waals surface area contributed by atoms with E-state index in [0.29, 0.717) is 0 Å². The molecular weight excluding hydrogens is 292 g/mol. The van der Waals surface area contributed by atoms with Crippen molar-refractivity contribution in [3.05, 3.63) is 30.0 Å². The highest BCUT2D eigenvalue weighted by Crippen LogP contribution is 2.30. The number of likely N-dealkylation sites (N-methyl/N-ethyl adjacent to an activating group) is 1. The average molecular weight is 318 g/mol. The number of phenols is 1. The van der Waals surface area contributed by atoms with Crippen molar-refractivity contribution < 1.29 is 14.6 Å². The number of carbonyl (C=O) groups is 1. The Balaban J connectivity index is 2.30. The SMILES string of the molecule is CN(C)CCc1cn(COC(=O)C(C)(C)C)c2cccc(O)c12. The third kappa shape index (κ3) is 4.05. The number of fused-ring (bicyclic) bond motifs is 1. The largest absolute Gasteiger partial charge is 0.507 e. The van der Waals surface area contributed by atoms with E-state index in [1.807, 2.05) is 51.7 Å². The van der Waals surface area contributed by atoms with Crippen LogP contribution in [-0.4, -0.2) is 41.2 Å². The second kappa shape index (κ2) is 6.62. The van der Waals surface area contributed by atoms with E-state index in [4.69, 9.17) is 4.74 Å². The molecule has 0 bridgehead atoms. The third-order valence-electron chi connectivity index (χ3n) is 3.74. The maximum Gasteiger partial charge on any atom is 0.312 e. The molecule has 1 N–H and O–H groups in total. The fourth-order valence-electron chi connectivity index (χ4n) is 2.40. The van der Waals surface area contributed by atoms with E-state index in [1.54, 1.807) is 12.1 Å². The van der Waals surface area contributed by atoms with Crippen LogP contribution in [0.1, 0.15) is 26.3 Å². The fraction of sp³-hybridized carbons (Fsp3) is 0.500. The van der Waals surface area contributed by atoms with Crippen molar-refractivity contribution in [3.8, 4) is 5.75 Å². The summed E-state index contributed by atoms with van der Waals surface area (Å²) in [5, 5.41) is 11.0. The van der Waals surface area contributed by atoms with Crippen LogP contribution in [0.2, 0.25) is 0 Å². The standard InChI is InChI=1S/C18H26N2O3/c1-18(2,3)17(22)23-12-20-11-13(9-10-19(4)5)16-14(20)7-6-8-15(16)21/h6-8,11,21H,9-10,12H2,1-5H3. The Hall–Kier alpha value is -2.01. The molecule has 0 saturated heterocycles. The maximum absolute atomic E-state index is 12.0. The lowest BCUT2D eigenvalue weighted by atomic mass is 9.98. The molecule has 2 rings (SSSR count). The van der Waals surface area contributed by atoms with Gasteiger partial charge in [-0.3, -0.25) is 4.79 Å². The molecule has 0 spiro atoms. The van der Waals surface area contributed by atoms with E-state index < -0.39 is 5.41 Å². The lowest BCUT2D eigenvalue weighted by Crippen LogP contribution is -2.23. The van der Waals surface area contributed by atoms with Crippen LogP contribution >= 0.6 is 0 Å². The molecule has 0 fully saturated rings. The Morgan fingerprint density at radius 2 is 2.00 bits per heavy atom. The number of carbonyl (C=O) groups excluding carboxylic acids is 1. The van der Waals surface area contributed by atoms with E-state index in [0.717, 1.165) is 29.4 Å². The molecule has 1 aromatic heterocycles. The molecule has 23 heavy (non-hydrogen) atoms. The van der Waals surface area contributed by atoms with Gasteiger partial charge in [0.05, 0.1) is 10.9 Å². The lowest BCUT2D eigenvalue weighted by Gasteiger charge is -2.17. The first-order chi connectivity index (χ1) is 10.7. The molecule has 0 amide bonds. The molecule has 2 aromatic rings. The second-order valence-electron chi connectivity index (χ2n) is 7.16. The van der Waals surface area contributed by atoms with Crippen LogP contribution in [0.4, 0.5) is 0 Å². The number of phenolic OH excluding ortho intramolecular Hbond substituents is 1. The van der Waals surface area contributed by atoms with Crippen LogP contribution in [0.3, 0.4) is 0 Å². The zero-order valence-corrected chi connectivity index (χ0v) is 14.6.